The van der Waals surface area contributed by atoms with E-state index in [-0.39, 0.29) is 0 Å². The van der Waals surface area contributed by atoms with Crippen molar-refractivity contribution >= 4 is 10.8 Å². The number of rotatable bonds is 2. The quantitative estimate of drug-likeness (QED) is 0.815. The number of fused-ring (bicyclic) bond motifs is 1. The number of ether oxygens (including phenoxy) is 1. The molecule has 1 aliphatic rings. The number of morpholine rings is 1. The summed E-state index contributed by atoms with van der Waals surface area (Å²) in [5.74, 6) is 0. The Balaban J connectivity index is 1.88. The minimum absolute atomic E-state index is 0.339. The molecule has 0 aliphatic carbocycles. The summed E-state index contributed by atoms with van der Waals surface area (Å²) in [4.78, 5) is 2.52. The SMILES string of the molecule is CC1CN(Cc2cccc3ccccc23)C(C)CO1. The van der Waals surface area contributed by atoms with Crippen molar-refractivity contribution in [2.75, 3.05) is 13.2 Å². The molecule has 100 valence electrons. The van der Waals surface area contributed by atoms with Crippen molar-refractivity contribution < 1.29 is 4.74 Å². The van der Waals surface area contributed by atoms with Gasteiger partial charge >= 0.3 is 0 Å². The molecule has 2 aromatic rings. The van der Waals surface area contributed by atoms with E-state index in [1.807, 2.05) is 0 Å². The summed E-state index contributed by atoms with van der Waals surface area (Å²) in [5.41, 5.74) is 1.42. The van der Waals surface area contributed by atoms with E-state index >= 15 is 0 Å². The molecule has 1 heterocycles. The first-order valence-corrected chi connectivity index (χ1v) is 7.06. The second-order valence-corrected chi connectivity index (χ2v) is 5.56. The molecule has 19 heavy (non-hydrogen) atoms. The minimum Gasteiger partial charge on any atom is -0.376 e. The van der Waals surface area contributed by atoms with Gasteiger partial charge in [-0.3, -0.25) is 4.90 Å². The Bertz CT molecular complexity index is 561. The van der Waals surface area contributed by atoms with Gasteiger partial charge in [0, 0.05) is 19.1 Å². The maximum absolute atomic E-state index is 5.70. The number of benzene rings is 2. The van der Waals surface area contributed by atoms with E-state index in [0.717, 1.165) is 19.7 Å². The Hall–Kier alpha value is -1.38. The fourth-order valence-corrected chi connectivity index (χ4v) is 2.84. The van der Waals surface area contributed by atoms with Gasteiger partial charge in [0.1, 0.15) is 0 Å². The molecule has 1 aliphatic heterocycles. The third kappa shape index (κ3) is 2.65. The molecule has 0 amide bonds. The Morgan fingerprint density at radius 1 is 1.11 bits per heavy atom. The van der Waals surface area contributed by atoms with Crippen molar-refractivity contribution in [3.8, 4) is 0 Å². The fraction of sp³-hybridized carbons (Fsp3) is 0.412. The average Bonchev–Trinajstić information content (AvgIpc) is 2.43. The zero-order valence-corrected chi connectivity index (χ0v) is 11.7. The largest absolute Gasteiger partial charge is 0.376 e. The second-order valence-electron chi connectivity index (χ2n) is 5.56. The van der Waals surface area contributed by atoms with E-state index in [1.54, 1.807) is 0 Å². The van der Waals surface area contributed by atoms with Gasteiger partial charge < -0.3 is 4.74 Å². The van der Waals surface area contributed by atoms with Gasteiger partial charge in [0.25, 0.3) is 0 Å². The van der Waals surface area contributed by atoms with Crippen LogP contribution < -0.4 is 0 Å². The van der Waals surface area contributed by atoms with Crippen LogP contribution in [0.5, 0.6) is 0 Å². The van der Waals surface area contributed by atoms with Crippen LogP contribution in [0.15, 0.2) is 42.5 Å². The monoisotopic (exact) mass is 255 g/mol. The van der Waals surface area contributed by atoms with Crippen LogP contribution in [0.3, 0.4) is 0 Å². The number of nitrogens with zero attached hydrogens (tertiary/aromatic N) is 1. The third-order valence-electron chi connectivity index (χ3n) is 3.99. The fourth-order valence-electron chi connectivity index (χ4n) is 2.84. The highest BCUT2D eigenvalue weighted by Crippen LogP contribution is 2.22. The van der Waals surface area contributed by atoms with Crippen molar-refractivity contribution in [2.45, 2.75) is 32.5 Å². The first kappa shape index (κ1) is 12.6. The van der Waals surface area contributed by atoms with Crippen LogP contribution in [0.4, 0.5) is 0 Å². The van der Waals surface area contributed by atoms with E-state index < -0.39 is 0 Å². The lowest BCUT2D eigenvalue weighted by molar-refractivity contribution is -0.0525. The molecule has 0 aromatic heterocycles. The standard InChI is InChI=1S/C17H21NO/c1-13-12-19-14(2)10-18(13)11-16-8-5-7-15-6-3-4-9-17(15)16/h3-9,13-14H,10-12H2,1-2H3. The summed E-state index contributed by atoms with van der Waals surface area (Å²) in [5, 5.41) is 2.70. The first-order chi connectivity index (χ1) is 9.24. The lowest BCUT2D eigenvalue weighted by Gasteiger charge is -2.37. The van der Waals surface area contributed by atoms with Gasteiger partial charge in [0.05, 0.1) is 12.7 Å². The molecule has 2 unspecified atom stereocenters. The van der Waals surface area contributed by atoms with E-state index in [9.17, 15) is 0 Å². The summed E-state index contributed by atoms with van der Waals surface area (Å²) in [6.07, 6.45) is 0.339. The van der Waals surface area contributed by atoms with Crippen LogP contribution in [0.2, 0.25) is 0 Å². The Labute approximate surface area is 115 Å². The highest BCUT2D eigenvalue weighted by Gasteiger charge is 2.23. The highest BCUT2D eigenvalue weighted by molar-refractivity contribution is 5.85. The van der Waals surface area contributed by atoms with Crippen LogP contribution in [-0.2, 0) is 11.3 Å². The van der Waals surface area contributed by atoms with Gasteiger partial charge in [-0.2, -0.15) is 0 Å². The van der Waals surface area contributed by atoms with Crippen LogP contribution in [0.1, 0.15) is 19.4 Å². The maximum atomic E-state index is 5.70. The molecule has 3 rings (SSSR count). The normalized spacial score (nSPS) is 24.7. The van der Waals surface area contributed by atoms with Crippen LogP contribution in [0.25, 0.3) is 10.8 Å². The number of hydrogen-bond acceptors (Lipinski definition) is 2. The van der Waals surface area contributed by atoms with Gasteiger partial charge in [0.2, 0.25) is 0 Å². The zero-order chi connectivity index (χ0) is 13.2. The zero-order valence-electron chi connectivity index (χ0n) is 11.7. The lowest BCUT2D eigenvalue weighted by Crippen LogP contribution is -2.46. The maximum Gasteiger partial charge on any atom is 0.0674 e. The first-order valence-electron chi connectivity index (χ1n) is 7.06. The molecule has 2 aromatic carbocycles. The topological polar surface area (TPSA) is 12.5 Å². The van der Waals surface area contributed by atoms with E-state index in [4.69, 9.17) is 4.74 Å². The smallest absolute Gasteiger partial charge is 0.0674 e. The van der Waals surface area contributed by atoms with Gasteiger partial charge in [0.15, 0.2) is 0 Å². The van der Waals surface area contributed by atoms with Crippen molar-refractivity contribution in [3.63, 3.8) is 0 Å². The van der Waals surface area contributed by atoms with Crippen LogP contribution in [0, 0.1) is 0 Å². The van der Waals surface area contributed by atoms with E-state index in [1.165, 1.54) is 16.3 Å². The Kier molecular flexibility index (Phi) is 3.54. The van der Waals surface area contributed by atoms with Gasteiger partial charge in [-0.1, -0.05) is 42.5 Å². The summed E-state index contributed by atoms with van der Waals surface area (Å²) < 4.78 is 5.70. The second kappa shape index (κ2) is 5.32. The van der Waals surface area contributed by atoms with Gasteiger partial charge in [-0.05, 0) is 30.2 Å². The molecule has 0 spiro atoms. The third-order valence-corrected chi connectivity index (χ3v) is 3.99. The molecule has 0 bridgehead atoms. The van der Waals surface area contributed by atoms with E-state index in [0.29, 0.717) is 12.1 Å². The Morgan fingerprint density at radius 3 is 2.79 bits per heavy atom. The van der Waals surface area contributed by atoms with Crippen molar-refractivity contribution in [1.29, 1.82) is 0 Å². The summed E-state index contributed by atoms with van der Waals surface area (Å²) in [6.45, 7) is 7.27. The van der Waals surface area contributed by atoms with Gasteiger partial charge in [-0.25, -0.2) is 0 Å². The molecular formula is C17H21NO. The van der Waals surface area contributed by atoms with Crippen LogP contribution >= 0.6 is 0 Å². The summed E-state index contributed by atoms with van der Waals surface area (Å²) >= 11 is 0. The molecule has 0 saturated carbocycles. The molecule has 1 fully saturated rings. The molecule has 2 heteroatoms. The van der Waals surface area contributed by atoms with Gasteiger partial charge in [-0.15, -0.1) is 0 Å². The van der Waals surface area contributed by atoms with Crippen LogP contribution in [-0.4, -0.2) is 30.2 Å². The molecule has 1 saturated heterocycles. The minimum atomic E-state index is 0.339. The predicted octanol–water partition coefficient (Wildman–Crippen LogP) is 3.45. The molecule has 0 N–H and O–H groups in total. The van der Waals surface area contributed by atoms with Crippen molar-refractivity contribution in [2.24, 2.45) is 0 Å². The molecule has 2 atom stereocenters. The summed E-state index contributed by atoms with van der Waals surface area (Å²) in [6, 6.07) is 15.7. The van der Waals surface area contributed by atoms with E-state index in [2.05, 4.69) is 61.2 Å². The molecular weight excluding hydrogens is 234 g/mol. The lowest BCUT2D eigenvalue weighted by atomic mass is 10.0. The Morgan fingerprint density at radius 2 is 1.89 bits per heavy atom. The highest BCUT2D eigenvalue weighted by atomic mass is 16.5. The summed E-state index contributed by atoms with van der Waals surface area (Å²) in [7, 11) is 0. The molecule has 2 nitrogen and oxygen atoms in total. The van der Waals surface area contributed by atoms with Crippen molar-refractivity contribution in [1.82, 2.24) is 4.90 Å². The van der Waals surface area contributed by atoms with Crippen molar-refractivity contribution in [3.05, 3.63) is 48.0 Å². The predicted molar refractivity (Wildman–Crippen MR) is 79.2 cm³/mol. The number of hydrogen-bond donors (Lipinski definition) is 0. The average molecular weight is 255 g/mol. The molecule has 0 radical (unpaired) electrons.